The summed E-state index contributed by atoms with van der Waals surface area (Å²) < 4.78 is 5.58. The van der Waals surface area contributed by atoms with Gasteiger partial charge in [-0.05, 0) is 42.3 Å². The van der Waals surface area contributed by atoms with Crippen LogP contribution in [0.5, 0.6) is 5.75 Å². The predicted molar refractivity (Wildman–Crippen MR) is 105 cm³/mol. The van der Waals surface area contributed by atoms with Crippen molar-refractivity contribution in [1.82, 2.24) is 10.9 Å². The number of aryl methyl sites for hydroxylation is 1. The summed E-state index contributed by atoms with van der Waals surface area (Å²) in [4.78, 5) is 24.3. The second-order valence-electron chi connectivity index (χ2n) is 6.43. The van der Waals surface area contributed by atoms with Gasteiger partial charge in [0.2, 0.25) is 5.91 Å². The molecule has 0 bridgehead atoms. The number of amides is 2. The van der Waals surface area contributed by atoms with Crippen molar-refractivity contribution in [1.29, 1.82) is 0 Å². The van der Waals surface area contributed by atoms with E-state index in [-0.39, 0.29) is 12.3 Å². The number of fused-ring (bicyclic) bond motifs is 1. The normalized spacial score (nSPS) is 11.6. The zero-order valence-corrected chi connectivity index (χ0v) is 15.4. The van der Waals surface area contributed by atoms with Crippen LogP contribution in [-0.2, 0) is 16.0 Å². The topological polar surface area (TPSA) is 67.4 Å². The number of rotatable bonds is 5. The Morgan fingerprint density at radius 3 is 2.41 bits per heavy atom. The lowest BCUT2D eigenvalue weighted by atomic mass is 10.0. The third-order valence-electron chi connectivity index (χ3n) is 4.26. The van der Waals surface area contributed by atoms with Gasteiger partial charge in [0.15, 0.2) is 6.10 Å². The molecule has 0 aromatic heterocycles. The van der Waals surface area contributed by atoms with Crippen LogP contribution >= 0.6 is 0 Å². The van der Waals surface area contributed by atoms with Crippen LogP contribution in [0.25, 0.3) is 10.8 Å². The number of nitrogens with one attached hydrogen (secondary N) is 2. The number of benzene rings is 3. The molecular formula is C22H22N2O3. The van der Waals surface area contributed by atoms with Crippen molar-refractivity contribution < 1.29 is 14.3 Å². The smallest absolute Gasteiger partial charge is 0.279 e. The highest BCUT2D eigenvalue weighted by Gasteiger charge is 2.15. The second-order valence-corrected chi connectivity index (χ2v) is 6.43. The molecule has 3 aromatic rings. The maximum absolute atomic E-state index is 12.2. The minimum absolute atomic E-state index is 0.175. The monoisotopic (exact) mass is 362 g/mol. The molecule has 138 valence electrons. The predicted octanol–water partition coefficient (Wildman–Crippen LogP) is 3.31. The van der Waals surface area contributed by atoms with Crippen LogP contribution in [0.15, 0.2) is 66.7 Å². The lowest BCUT2D eigenvalue weighted by Crippen LogP contribution is -2.47. The molecule has 0 aliphatic rings. The Balaban J connectivity index is 1.53. The van der Waals surface area contributed by atoms with Gasteiger partial charge in [0.25, 0.3) is 5.91 Å². The first kappa shape index (κ1) is 18.5. The van der Waals surface area contributed by atoms with E-state index < -0.39 is 12.0 Å². The summed E-state index contributed by atoms with van der Waals surface area (Å²) in [6, 6.07) is 21.1. The largest absolute Gasteiger partial charge is 0.481 e. The second kappa shape index (κ2) is 8.36. The minimum Gasteiger partial charge on any atom is -0.481 e. The number of carbonyl (C=O) groups excluding carboxylic acids is 2. The van der Waals surface area contributed by atoms with Crippen molar-refractivity contribution in [2.75, 3.05) is 0 Å². The number of hydrogen-bond acceptors (Lipinski definition) is 3. The van der Waals surface area contributed by atoms with Gasteiger partial charge in [-0.15, -0.1) is 0 Å². The zero-order chi connectivity index (χ0) is 19.2. The Labute approximate surface area is 158 Å². The van der Waals surface area contributed by atoms with Crippen LogP contribution in [0, 0.1) is 6.92 Å². The first-order valence-corrected chi connectivity index (χ1v) is 8.81. The van der Waals surface area contributed by atoms with Crippen molar-refractivity contribution >= 4 is 22.6 Å². The van der Waals surface area contributed by atoms with Crippen LogP contribution in [0.3, 0.4) is 0 Å². The third kappa shape index (κ3) is 4.85. The van der Waals surface area contributed by atoms with Gasteiger partial charge in [0.1, 0.15) is 5.75 Å². The molecular weight excluding hydrogens is 340 g/mol. The van der Waals surface area contributed by atoms with Gasteiger partial charge in [-0.1, -0.05) is 60.2 Å². The highest BCUT2D eigenvalue weighted by Crippen LogP contribution is 2.18. The Kier molecular flexibility index (Phi) is 5.71. The van der Waals surface area contributed by atoms with Crippen LogP contribution in [-0.4, -0.2) is 17.9 Å². The fourth-order valence-corrected chi connectivity index (χ4v) is 2.77. The molecule has 0 aliphatic heterocycles. The quantitative estimate of drug-likeness (QED) is 0.685. The van der Waals surface area contributed by atoms with E-state index in [4.69, 9.17) is 4.74 Å². The molecule has 2 amide bonds. The van der Waals surface area contributed by atoms with Crippen LogP contribution < -0.4 is 15.6 Å². The van der Waals surface area contributed by atoms with E-state index in [9.17, 15) is 9.59 Å². The number of hydrogen-bond donors (Lipinski definition) is 2. The highest BCUT2D eigenvalue weighted by atomic mass is 16.5. The summed E-state index contributed by atoms with van der Waals surface area (Å²) >= 11 is 0. The molecule has 2 N–H and O–H groups in total. The fraction of sp³-hybridized carbons (Fsp3) is 0.182. The first-order chi connectivity index (χ1) is 13.0. The maximum Gasteiger partial charge on any atom is 0.279 e. The SMILES string of the molecule is Cc1ccc(OC(C)C(=O)NNC(=O)Cc2cccc3ccccc23)cc1. The molecule has 0 radical (unpaired) electrons. The first-order valence-electron chi connectivity index (χ1n) is 8.81. The summed E-state index contributed by atoms with van der Waals surface area (Å²) in [5, 5.41) is 2.10. The van der Waals surface area contributed by atoms with E-state index in [1.165, 1.54) is 0 Å². The molecule has 5 heteroatoms. The molecule has 27 heavy (non-hydrogen) atoms. The summed E-state index contributed by atoms with van der Waals surface area (Å²) in [6.07, 6.45) is -0.556. The van der Waals surface area contributed by atoms with Gasteiger partial charge >= 0.3 is 0 Å². The Bertz CT molecular complexity index is 946. The van der Waals surface area contributed by atoms with Gasteiger partial charge < -0.3 is 4.74 Å². The van der Waals surface area contributed by atoms with Crippen molar-refractivity contribution in [3.05, 3.63) is 77.9 Å². The number of ether oxygens (including phenoxy) is 1. The van der Waals surface area contributed by atoms with Gasteiger partial charge in [-0.25, -0.2) is 0 Å². The zero-order valence-electron chi connectivity index (χ0n) is 15.4. The fourth-order valence-electron chi connectivity index (χ4n) is 2.77. The molecule has 3 rings (SSSR count). The number of carbonyl (C=O) groups is 2. The Morgan fingerprint density at radius 2 is 1.63 bits per heavy atom. The average molecular weight is 362 g/mol. The summed E-state index contributed by atoms with van der Waals surface area (Å²) in [5.41, 5.74) is 6.89. The van der Waals surface area contributed by atoms with E-state index in [2.05, 4.69) is 10.9 Å². The summed E-state index contributed by atoms with van der Waals surface area (Å²) in [6.45, 7) is 3.61. The molecule has 0 saturated heterocycles. The standard InChI is InChI=1S/C22H22N2O3/c1-15-10-12-19(13-11-15)27-16(2)22(26)24-23-21(25)14-18-8-5-7-17-6-3-4-9-20(17)18/h3-13,16H,14H2,1-2H3,(H,23,25)(H,24,26). The lowest BCUT2D eigenvalue weighted by Gasteiger charge is -2.15. The molecule has 0 aliphatic carbocycles. The molecule has 5 nitrogen and oxygen atoms in total. The average Bonchev–Trinajstić information content (AvgIpc) is 2.68. The van der Waals surface area contributed by atoms with Gasteiger partial charge in [0, 0.05) is 0 Å². The van der Waals surface area contributed by atoms with Crippen molar-refractivity contribution in [2.24, 2.45) is 0 Å². The highest BCUT2D eigenvalue weighted by molar-refractivity contribution is 5.91. The molecule has 0 heterocycles. The number of hydrazine groups is 1. The van der Waals surface area contributed by atoms with E-state index in [1.54, 1.807) is 19.1 Å². The van der Waals surface area contributed by atoms with Crippen molar-refractivity contribution in [2.45, 2.75) is 26.4 Å². The molecule has 1 atom stereocenters. The Hall–Kier alpha value is -3.34. The van der Waals surface area contributed by atoms with E-state index in [0.29, 0.717) is 5.75 Å². The van der Waals surface area contributed by atoms with E-state index >= 15 is 0 Å². The van der Waals surface area contributed by atoms with E-state index in [1.807, 2.05) is 61.5 Å². The van der Waals surface area contributed by atoms with E-state index in [0.717, 1.165) is 21.9 Å². The third-order valence-corrected chi connectivity index (χ3v) is 4.26. The van der Waals surface area contributed by atoms with Crippen molar-refractivity contribution in [3.8, 4) is 5.75 Å². The maximum atomic E-state index is 12.2. The molecule has 0 spiro atoms. The van der Waals surface area contributed by atoms with Gasteiger partial charge in [0.05, 0.1) is 6.42 Å². The van der Waals surface area contributed by atoms with Gasteiger partial charge in [-0.2, -0.15) is 0 Å². The Morgan fingerprint density at radius 1 is 0.926 bits per heavy atom. The molecule has 0 saturated carbocycles. The van der Waals surface area contributed by atoms with Crippen molar-refractivity contribution in [3.63, 3.8) is 0 Å². The van der Waals surface area contributed by atoms with Gasteiger partial charge in [-0.3, -0.25) is 20.4 Å². The summed E-state index contributed by atoms with van der Waals surface area (Å²) in [5.74, 6) is -0.102. The molecule has 0 fully saturated rings. The molecule has 3 aromatic carbocycles. The molecule has 1 unspecified atom stereocenters. The van der Waals surface area contributed by atoms with Crippen LogP contribution in [0.1, 0.15) is 18.1 Å². The summed E-state index contributed by atoms with van der Waals surface area (Å²) in [7, 11) is 0. The minimum atomic E-state index is -0.731. The van der Waals surface area contributed by atoms with Crippen LogP contribution in [0.4, 0.5) is 0 Å². The van der Waals surface area contributed by atoms with Crippen LogP contribution in [0.2, 0.25) is 0 Å². The lowest BCUT2D eigenvalue weighted by molar-refractivity contribution is -0.132.